The first-order chi connectivity index (χ1) is 14.4. The summed E-state index contributed by atoms with van der Waals surface area (Å²) < 4.78 is 18.4. The van der Waals surface area contributed by atoms with Gasteiger partial charge in [0.15, 0.2) is 0 Å². The molecule has 0 N–H and O–H groups in total. The molecule has 0 unspecified atom stereocenters. The first-order valence-electron chi connectivity index (χ1n) is 10.1. The van der Waals surface area contributed by atoms with Gasteiger partial charge in [-0.05, 0) is 50.6 Å². The second-order valence-corrected chi connectivity index (χ2v) is 8.65. The molecule has 2 aromatic carbocycles. The van der Waals surface area contributed by atoms with Gasteiger partial charge < -0.3 is 9.13 Å². The van der Waals surface area contributed by atoms with E-state index in [4.69, 9.17) is 0 Å². The Kier molecular flexibility index (Phi) is 4.21. The van der Waals surface area contributed by atoms with Crippen LogP contribution in [0.25, 0.3) is 33.1 Å². The first kappa shape index (κ1) is 18.6. The molecule has 5 aromatic rings. The van der Waals surface area contributed by atoms with E-state index in [0.29, 0.717) is 12.1 Å². The van der Waals surface area contributed by atoms with Crippen LogP contribution in [0.2, 0.25) is 0 Å². The van der Waals surface area contributed by atoms with E-state index in [-0.39, 0.29) is 11.4 Å². The van der Waals surface area contributed by atoms with Crippen molar-refractivity contribution < 1.29 is 4.39 Å². The van der Waals surface area contributed by atoms with E-state index in [1.165, 1.54) is 6.07 Å². The lowest BCUT2D eigenvalue weighted by molar-refractivity contribution is 0.408. The number of hydrogen-bond donors (Lipinski definition) is 0. The summed E-state index contributed by atoms with van der Waals surface area (Å²) in [5.41, 5.74) is 4.85. The summed E-state index contributed by atoms with van der Waals surface area (Å²) in [6, 6.07) is 15.4. The Bertz CT molecular complexity index is 1370. The minimum absolute atomic E-state index is 0.0853. The van der Waals surface area contributed by atoms with E-state index in [2.05, 4.69) is 70.3 Å². The molecule has 150 valence electrons. The second kappa shape index (κ2) is 6.80. The molecular formula is C25H23FN4. The predicted octanol–water partition coefficient (Wildman–Crippen LogP) is 6.00. The molecule has 0 atom stereocenters. The predicted molar refractivity (Wildman–Crippen MR) is 119 cm³/mol. The summed E-state index contributed by atoms with van der Waals surface area (Å²) in [5.74, 6) is -0.175. The van der Waals surface area contributed by atoms with Crippen LogP contribution in [0.3, 0.4) is 0 Å². The van der Waals surface area contributed by atoms with E-state index in [0.717, 1.165) is 33.1 Å². The Hall–Kier alpha value is -3.47. The van der Waals surface area contributed by atoms with Crippen LogP contribution in [0.15, 0.2) is 73.4 Å². The molecule has 0 aliphatic rings. The van der Waals surface area contributed by atoms with Gasteiger partial charge in [0.2, 0.25) is 0 Å². The molecule has 3 heterocycles. The van der Waals surface area contributed by atoms with Crippen LogP contribution in [-0.4, -0.2) is 19.1 Å². The van der Waals surface area contributed by atoms with Crippen molar-refractivity contribution in [1.29, 1.82) is 0 Å². The Labute approximate surface area is 174 Å². The molecule has 5 rings (SSSR count). The molecule has 0 radical (unpaired) electrons. The van der Waals surface area contributed by atoms with Crippen molar-refractivity contribution in [2.24, 2.45) is 0 Å². The second-order valence-electron chi connectivity index (χ2n) is 8.65. The van der Waals surface area contributed by atoms with Gasteiger partial charge in [0, 0.05) is 51.5 Å². The zero-order valence-corrected chi connectivity index (χ0v) is 17.3. The third kappa shape index (κ3) is 3.07. The minimum atomic E-state index is -0.175. The fraction of sp³-hybridized carbons (Fsp3) is 0.200. The van der Waals surface area contributed by atoms with Crippen LogP contribution in [0.5, 0.6) is 0 Å². The summed E-state index contributed by atoms with van der Waals surface area (Å²) >= 11 is 0. The highest BCUT2D eigenvalue weighted by atomic mass is 19.1. The fourth-order valence-electron chi connectivity index (χ4n) is 4.02. The summed E-state index contributed by atoms with van der Waals surface area (Å²) in [4.78, 5) is 8.78. The highest BCUT2D eigenvalue weighted by molar-refractivity contribution is 5.96. The third-order valence-corrected chi connectivity index (χ3v) is 5.57. The van der Waals surface area contributed by atoms with Crippen molar-refractivity contribution in [3.63, 3.8) is 0 Å². The first-order valence-corrected chi connectivity index (χ1v) is 10.1. The van der Waals surface area contributed by atoms with E-state index in [9.17, 15) is 4.39 Å². The highest BCUT2D eigenvalue weighted by Gasteiger charge is 2.20. The van der Waals surface area contributed by atoms with Gasteiger partial charge in [-0.15, -0.1) is 0 Å². The molecule has 0 spiro atoms. The van der Waals surface area contributed by atoms with Crippen molar-refractivity contribution in [3.05, 3.63) is 84.8 Å². The van der Waals surface area contributed by atoms with E-state index >= 15 is 0 Å². The van der Waals surface area contributed by atoms with Crippen molar-refractivity contribution in [2.45, 2.75) is 32.9 Å². The molecule has 0 aliphatic heterocycles. The number of rotatable bonds is 3. The Morgan fingerprint density at radius 2 is 1.87 bits per heavy atom. The molecule has 0 amide bonds. The van der Waals surface area contributed by atoms with Crippen LogP contribution in [0.1, 0.15) is 26.3 Å². The highest BCUT2D eigenvalue weighted by Crippen LogP contribution is 2.34. The molecular weight excluding hydrogens is 375 g/mol. The lowest BCUT2D eigenvalue weighted by Crippen LogP contribution is -2.20. The van der Waals surface area contributed by atoms with Gasteiger partial charge >= 0.3 is 0 Å². The maximum Gasteiger partial charge on any atom is 0.144 e. The largest absolute Gasteiger partial charge is 0.343 e. The molecule has 0 aliphatic carbocycles. The third-order valence-electron chi connectivity index (χ3n) is 5.57. The molecule has 0 fully saturated rings. The van der Waals surface area contributed by atoms with Crippen LogP contribution >= 0.6 is 0 Å². The summed E-state index contributed by atoms with van der Waals surface area (Å²) in [7, 11) is 0. The quantitative estimate of drug-likeness (QED) is 0.374. The summed E-state index contributed by atoms with van der Waals surface area (Å²) in [6.07, 6.45) is 7.66. The van der Waals surface area contributed by atoms with Crippen molar-refractivity contribution in [2.75, 3.05) is 0 Å². The summed E-state index contributed by atoms with van der Waals surface area (Å²) in [6.45, 7) is 7.02. The van der Waals surface area contributed by atoms with Gasteiger partial charge in [0.05, 0.1) is 6.54 Å². The maximum absolute atomic E-state index is 14.1. The van der Waals surface area contributed by atoms with E-state index < -0.39 is 0 Å². The SMILES string of the molecule is CC(C)(C)n1cc(-c2ccc3c(ccn3Cc3ccccc3F)c2)c2cncnc21. The van der Waals surface area contributed by atoms with Gasteiger partial charge in [0.1, 0.15) is 17.8 Å². The Morgan fingerprint density at radius 1 is 1.03 bits per heavy atom. The van der Waals surface area contributed by atoms with Crippen molar-refractivity contribution in [1.82, 2.24) is 19.1 Å². The number of benzene rings is 2. The van der Waals surface area contributed by atoms with Crippen LogP contribution in [-0.2, 0) is 12.1 Å². The van der Waals surface area contributed by atoms with Crippen LogP contribution in [0, 0.1) is 5.82 Å². The molecule has 30 heavy (non-hydrogen) atoms. The number of hydrogen-bond acceptors (Lipinski definition) is 2. The number of fused-ring (bicyclic) bond motifs is 2. The van der Waals surface area contributed by atoms with Crippen LogP contribution in [0.4, 0.5) is 4.39 Å². The zero-order chi connectivity index (χ0) is 20.9. The lowest BCUT2D eigenvalue weighted by Gasteiger charge is -2.21. The van der Waals surface area contributed by atoms with Crippen molar-refractivity contribution >= 4 is 21.9 Å². The standard InChI is InChI=1S/C25H23FN4/c1-25(2,3)30-15-21(20-13-27-16-28-24(20)30)17-8-9-23-18(12-17)10-11-29(23)14-19-6-4-5-7-22(19)26/h4-13,15-16H,14H2,1-3H3. The zero-order valence-electron chi connectivity index (χ0n) is 17.3. The van der Waals surface area contributed by atoms with E-state index in [1.807, 2.05) is 24.5 Å². The van der Waals surface area contributed by atoms with Crippen LogP contribution < -0.4 is 0 Å². The molecule has 0 saturated carbocycles. The van der Waals surface area contributed by atoms with E-state index in [1.54, 1.807) is 12.4 Å². The number of aromatic nitrogens is 4. The van der Waals surface area contributed by atoms with Gasteiger partial charge in [-0.3, -0.25) is 0 Å². The number of halogens is 1. The molecule has 3 aromatic heterocycles. The maximum atomic E-state index is 14.1. The van der Waals surface area contributed by atoms with Gasteiger partial charge in [-0.1, -0.05) is 24.3 Å². The van der Waals surface area contributed by atoms with Gasteiger partial charge in [0.25, 0.3) is 0 Å². The molecule has 5 heteroatoms. The Balaban J connectivity index is 1.60. The molecule has 0 saturated heterocycles. The van der Waals surface area contributed by atoms with Gasteiger partial charge in [-0.2, -0.15) is 0 Å². The smallest absolute Gasteiger partial charge is 0.144 e. The minimum Gasteiger partial charge on any atom is -0.343 e. The monoisotopic (exact) mass is 398 g/mol. The number of nitrogens with zero attached hydrogens (tertiary/aromatic N) is 4. The average Bonchev–Trinajstić information content (AvgIpc) is 3.31. The fourth-order valence-corrected chi connectivity index (χ4v) is 4.02. The Morgan fingerprint density at radius 3 is 2.67 bits per heavy atom. The molecule has 0 bridgehead atoms. The molecule has 4 nitrogen and oxygen atoms in total. The summed E-state index contributed by atoms with van der Waals surface area (Å²) in [5, 5.41) is 2.16. The normalized spacial score (nSPS) is 12.1. The van der Waals surface area contributed by atoms with Gasteiger partial charge in [-0.25, -0.2) is 14.4 Å². The average molecular weight is 398 g/mol. The lowest BCUT2D eigenvalue weighted by atomic mass is 10.0. The topological polar surface area (TPSA) is 35.6 Å². The van der Waals surface area contributed by atoms with Crippen molar-refractivity contribution in [3.8, 4) is 11.1 Å².